The lowest BCUT2D eigenvalue weighted by atomic mass is 9.76. The molecule has 0 radical (unpaired) electrons. The number of nitrogens with zero attached hydrogens (tertiary/aromatic N) is 2. The van der Waals surface area contributed by atoms with E-state index in [-0.39, 0.29) is 36.2 Å². The molecule has 0 aliphatic carbocycles. The normalized spacial score (nSPS) is 24.5. The molecule has 0 saturated carbocycles. The smallest absolute Gasteiger partial charge is 0.294 e. The number of nitrogens with one attached hydrogen (secondary N) is 1. The molecule has 3 aliphatic rings. The third-order valence-electron chi connectivity index (χ3n) is 8.73. The fraction of sp³-hybridized carbons (Fsp3) is 0.333. The number of carbonyl (C=O) groups excluding carboxylic acids is 4. The first-order chi connectivity index (χ1) is 20.1. The van der Waals surface area contributed by atoms with Crippen molar-refractivity contribution in [3.05, 3.63) is 83.9 Å². The number of ether oxygens (including phenoxy) is 1. The van der Waals surface area contributed by atoms with Crippen molar-refractivity contribution < 1.29 is 29.2 Å². The van der Waals surface area contributed by atoms with Crippen molar-refractivity contribution in [2.45, 2.75) is 38.8 Å². The lowest BCUT2D eigenvalue weighted by Crippen LogP contribution is -2.99. The number of para-hydroxylation sites is 1. The molecule has 0 bridgehead atoms. The van der Waals surface area contributed by atoms with E-state index in [9.17, 15) is 19.2 Å². The molecule has 0 unspecified atom stereocenters. The van der Waals surface area contributed by atoms with Gasteiger partial charge in [0.05, 0.1) is 18.5 Å². The Balaban J connectivity index is 1.39. The first-order valence-electron chi connectivity index (χ1n) is 14.3. The highest BCUT2D eigenvalue weighted by Crippen LogP contribution is 2.52. The van der Waals surface area contributed by atoms with E-state index in [2.05, 4.69) is 19.2 Å². The number of anilines is 3. The standard InChI is InChI=1S/C33H34N4O5/c1-19(2)17-25-28-29(31(40)37(30(28)39)22-13-15-23(42-4)16-14-22)33(35-25)24-7-5-6-8-26(24)36(32(33)41)18-27(38)34-21-11-9-20(3)10-12-21/h5-16,19,25,28-29,35H,17-18H2,1-4H3,(H,34,38)/p+1/t25-,28-,29+,33-/m1/s1. The Morgan fingerprint density at radius 1 is 0.976 bits per heavy atom. The minimum absolute atomic E-state index is 0.212. The van der Waals surface area contributed by atoms with Crippen molar-refractivity contribution in [2.75, 3.05) is 28.8 Å². The lowest BCUT2D eigenvalue weighted by molar-refractivity contribution is -0.734. The van der Waals surface area contributed by atoms with E-state index in [0.717, 1.165) is 5.56 Å². The third-order valence-corrected chi connectivity index (χ3v) is 8.73. The van der Waals surface area contributed by atoms with Crippen LogP contribution in [-0.4, -0.2) is 43.3 Å². The number of hydrogen-bond donors (Lipinski definition) is 2. The van der Waals surface area contributed by atoms with E-state index in [0.29, 0.717) is 34.8 Å². The molecule has 42 heavy (non-hydrogen) atoms. The fourth-order valence-corrected chi connectivity index (χ4v) is 7.00. The monoisotopic (exact) mass is 567 g/mol. The number of nitrogens with two attached hydrogens (primary N) is 1. The van der Waals surface area contributed by atoms with Gasteiger partial charge in [-0.15, -0.1) is 0 Å². The van der Waals surface area contributed by atoms with Gasteiger partial charge in [-0.2, -0.15) is 0 Å². The number of amides is 4. The maximum Gasteiger partial charge on any atom is 0.294 e. The predicted octanol–water partition coefficient (Wildman–Crippen LogP) is 2.98. The molecule has 2 fully saturated rings. The molecular formula is C33H35N4O5+. The molecule has 3 aromatic carbocycles. The van der Waals surface area contributed by atoms with Crippen LogP contribution in [0.1, 0.15) is 31.4 Å². The summed E-state index contributed by atoms with van der Waals surface area (Å²) >= 11 is 0. The van der Waals surface area contributed by atoms with Crippen LogP contribution in [0.15, 0.2) is 72.8 Å². The zero-order chi connectivity index (χ0) is 29.8. The Labute approximate surface area is 244 Å². The summed E-state index contributed by atoms with van der Waals surface area (Å²) in [5, 5.41) is 4.83. The largest absolute Gasteiger partial charge is 0.497 e. The van der Waals surface area contributed by atoms with Gasteiger partial charge < -0.3 is 15.4 Å². The second-order valence-corrected chi connectivity index (χ2v) is 11.9. The molecule has 9 heteroatoms. The summed E-state index contributed by atoms with van der Waals surface area (Å²) in [6, 6.07) is 21.3. The average molecular weight is 568 g/mol. The van der Waals surface area contributed by atoms with Crippen LogP contribution in [0.2, 0.25) is 0 Å². The van der Waals surface area contributed by atoms with Gasteiger partial charge in [0.1, 0.15) is 30.2 Å². The zero-order valence-corrected chi connectivity index (χ0v) is 24.2. The molecule has 3 N–H and O–H groups in total. The molecule has 4 atom stereocenters. The number of quaternary nitrogens is 1. The van der Waals surface area contributed by atoms with Crippen molar-refractivity contribution in [1.29, 1.82) is 0 Å². The Bertz CT molecular complexity index is 1570. The fourth-order valence-electron chi connectivity index (χ4n) is 7.00. The number of fused-ring (bicyclic) bond motifs is 4. The summed E-state index contributed by atoms with van der Waals surface area (Å²) in [5.74, 6) is -2.12. The summed E-state index contributed by atoms with van der Waals surface area (Å²) in [5.41, 5.74) is 2.06. The molecule has 3 heterocycles. The number of carbonyl (C=O) groups is 4. The van der Waals surface area contributed by atoms with Gasteiger partial charge in [0.2, 0.25) is 23.3 Å². The molecule has 2 saturated heterocycles. The van der Waals surface area contributed by atoms with E-state index >= 15 is 0 Å². The third kappa shape index (κ3) is 4.27. The summed E-state index contributed by atoms with van der Waals surface area (Å²) in [6.07, 6.45) is 0.655. The van der Waals surface area contributed by atoms with Gasteiger partial charge >= 0.3 is 0 Å². The second-order valence-electron chi connectivity index (χ2n) is 11.9. The van der Waals surface area contributed by atoms with E-state index in [1.165, 1.54) is 9.80 Å². The van der Waals surface area contributed by atoms with Gasteiger partial charge in [-0.1, -0.05) is 49.7 Å². The molecule has 9 nitrogen and oxygen atoms in total. The number of hydrogen-bond acceptors (Lipinski definition) is 5. The van der Waals surface area contributed by atoms with E-state index < -0.39 is 23.3 Å². The van der Waals surface area contributed by atoms with Crippen LogP contribution in [0.4, 0.5) is 17.1 Å². The van der Waals surface area contributed by atoms with Crippen LogP contribution in [0, 0.1) is 24.7 Å². The molecule has 1 spiro atoms. The number of aryl methyl sites for hydroxylation is 1. The predicted molar refractivity (Wildman–Crippen MR) is 158 cm³/mol. The second kappa shape index (κ2) is 10.4. The lowest BCUT2D eigenvalue weighted by Gasteiger charge is -2.28. The van der Waals surface area contributed by atoms with Crippen molar-refractivity contribution in [1.82, 2.24) is 0 Å². The van der Waals surface area contributed by atoms with Crippen molar-refractivity contribution in [2.24, 2.45) is 17.8 Å². The number of methoxy groups -OCH3 is 1. The Morgan fingerprint density at radius 2 is 1.67 bits per heavy atom. The topological polar surface area (TPSA) is 113 Å². The van der Waals surface area contributed by atoms with Crippen LogP contribution in [0.5, 0.6) is 5.75 Å². The highest BCUT2D eigenvalue weighted by atomic mass is 16.5. The van der Waals surface area contributed by atoms with E-state index in [4.69, 9.17) is 4.74 Å². The highest BCUT2D eigenvalue weighted by Gasteiger charge is 2.75. The average Bonchev–Trinajstić information content (AvgIpc) is 3.53. The summed E-state index contributed by atoms with van der Waals surface area (Å²) in [4.78, 5) is 58.9. The van der Waals surface area contributed by atoms with Gasteiger partial charge in [-0.05, 0) is 55.3 Å². The minimum atomic E-state index is -1.35. The maximum absolute atomic E-state index is 14.6. The Kier molecular flexibility index (Phi) is 6.85. The molecule has 6 rings (SSSR count). The zero-order valence-electron chi connectivity index (χ0n) is 24.2. The van der Waals surface area contributed by atoms with Gasteiger partial charge in [0.25, 0.3) is 5.91 Å². The van der Waals surface area contributed by atoms with E-state index in [1.807, 2.05) is 60.8 Å². The molecular weight excluding hydrogens is 532 g/mol. The number of imide groups is 1. The number of rotatable bonds is 7. The first kappa shape index (κ1) is 27.7. The Morgan fingerprint density at radius 3 is 2.33 bits per heavy atom. The SMILES string of the molecule is COc1ccc(N2C(=O)[C@H]3[C@@H](C2=O)[C@@]2([NH2+][C@@H]3CC(C)C)C(=O)N(CC(=O)Nc3ccc(C)cc3)c3ccccc32)cc1. The van der Waals surface area contributed by atoms with Gasteiger partial charge in [0.15, 0.2) is 0 Å². The van der Waals surface area contributed by atoms with Crippen LogP contribution < -0.4 is 25.2 Å². The van der Waals surface area contributed by atoms with Gasteiger partial charge in [-0.25, -0.2) is 4.90 Å². The summed E-state index contributed by atoms with van der Waals surface area (Å²) in [7, 11) is 1.55. The van der Waals surface area contributed by atoms with Gasteiger partial charge in [-0.3, -0.25) is 24.1 Å². The molecule has 216 valence electrons. The van der Waals surface area contributed by atoms with Crippen molar-refractivity contribution >= 4 is 40.7 Å². The number of benzene rings is 3. The quantitative estimate of drug-likeness (QED) is 0.427. The minimum Gasteiger partial charge on any atom is -0.497 e. The molecule has 4 amide bonds. The summed E-state index contributed by atoms with van der Waals surface area (Å²) in [6.45, 7) is 5.90. The van der Waals surface area contributed by atoms with Crippen molar-refractivity contribution in [3.8, 4) is 5.75 Å². The molecule has 0 aromatic heterocycles. The van der Waals surface area contributed by atoms with Crippen LogP contribution >= 0.6 is 0 Å². The van der Waals surface area contributed by atoms with E-state index in [1.54, 1.807) is 31.4 Å². The van der Waals surface area contributed by atoms with Crippen LogP contribution in [0.3, 0.4) is 0 Å². The molecule has 3 aromatic rings. The van der Waals surface area contributed by atoms with Crippen LogP contribution in [0.25, 0.3) is 0 Å². The summed E-state index contributed by atoms with van der Waals surface area (Å²) < 4.78 is 5.26. The Hall–Kier alpha value is -4.50. The van der Waals surface area contributed by atoms with Crippen molar-refractivity contribution in [3.63, 3.8) is 0 Å². The van der Waals surface area contributed by atoms with Crippen LogP contribution in [-0.2, 0) is 24.7 Å². The first-order valence-corrected chi connectivity index (χ1v) is 14.3. The maximum atomic E-state index is 14.6. The highest BCUT2D eigenvalue weighted by molar-refractivity contribution is 6.25. The molecule has 3 aliphatic heterocycles. The van der Waals surface area contributed by atoms with Gasteiger partial charge in [0, 0.05) is 17.7 Å².